The summed E-state index contributed by atoms with van der Waals surface area (Å²) in [6.45, 7) is 4.34. The number of hydrogen-bond acceptors (Lipinski definition) is 6. The molecule has 10 heteroatoms. The molecule has 4 rings (SSSR count). The van der Waals surface area contributed by atoms with Crippen molar-refractivity contribution in [1.29, 1.82) is 0 Å². The van der Waals surface area contributed by atoms with Crippen LogP contribution in [0.3, 0.4) is 0 Å². The summed E-state index contributed by atoms with van der Waals surface area (Å²) in [6, 6.07) is 11.4. The summed E-state index contributed by atoms with van der Waals surface area (Å²) in [5, 5.41) is 11.9. The molecule has 0 aliphatic carbocycles. The van der Waals surface area contributed by atoms with Crippen molar-refractivity contribution in [2.45, 2.75) is 25.6 Å². The van der Waals surface area contributed by atoms with Gasteiger partial charge in [0.25, 0.3) is 0 Å². The van der Waals surface area contributed by atoms with Crippen LogP contribution in [-0.2, 0) is 32.5 Å². The number of benzene rings is 2. The van der Waals surface area contributed by atoms with Crippen molar-refractivity contribution in [1.82, 2.24) is 23.9 Å². The minimum atomic E-state index is -0.170. The van der Waals surface area contributed by atoms with Gasteiger partial charge in [0.1, 0.15) is 12.4 Å². The Bertz CT molecular complexity index is 1400. The first kappa shape index (κ1) is 22.7. The van der Waals surface area contributed by atoms with Gasteiger partial charge in [-0.2, -0.15) is 0 Å². The van der Waals surface area contributed by atoms with E-state index in [0.29, 0.717) is 16.7 Å². The monoisotopic (exact) mass is 466 g/mol. The number of hydrogen-bond donors (Lipinski definition) is 1. The van der Waals surface area contributed by atoms with Gasteiger partial charge in [-0.05, 0) is 43.7 Å². The highest BCUT2D eigenvalue weighted by atomic mass is 32.2. The molecule has 0 saturated heterocycles. The van der Waals surface area contributed by atoms with Gasteiger partial charge in [-0.25, -0.2) is 4.79 Å². The third kappa shape index (κ3) is 4.65. The fraction of sp³-hybridized carbons (Fsp3) is 0.304. The number of carbonyl (C=O) groups excluding carboxylic acids is 1. The van der Waals surface area contributed by atoms with E-state index in [4.69, 9.17) is 4.74 Å². The van der Waals surface area contributed by atoms with E-state index in [2.05, 4.69) is 21.6 Å². The van der Waals surface area contributed by atoms with E-state index in [0.717, 1.165) is 22.3 Å². The summed E-state index contributed by atoms with van der Waals surface area (Å²) >= 11 is 1.30. The fourth-order valence-electron chi connectivity index (χ4n) is 3.61. The number of carbonyl (C=O) groups is 1. The van der Waals surface area contributed by atoms with Crippen LogP contribution in [0.4, 0.5) is 5.69 Å². The summed E-state index contributed by atoms with van der Waals surface area (Å²) in [4.78, 5) is 24.6. The van der Waals surface area contributed by atoms with E-state index in [1.54, 1.807) is 35.4 Å². The SMILES string of the molecule is Cc1ccc(OCc2nnc(SCC(=O)Nc3ccc4c(c3)n(C)c(=O)n4C)n2C)c(C)c1. The van der Waals surface area contributed by atoms with Crippen LogP contribution < -0.4 is 15.7 Å². The number of aryl methyl sites for hydroxylation is 4. The van der Waals surface area contributed by atoms with Gasteiger partial charge in [0.05, 0.1) is 16.8 Å². The van der Waals surface area contributed by atoms with Crippen LogP contribution in [0.15, 0.2) is 46.3 Å². The van der Waals surface area contributed by atoms with Crippen LogP contribution in [0.2, 0.25) is 0 Å². The molecule has 4 aromatic rings. The highest BCUT2D eigenvalue weighted by Crippen LogP contribution is 2.22. The van der Waals surface area contributed by atoms with Crippen molar-refractivity contribution in [3.63, 3.8) is 0 Å². The zero-order valence-electron chi connectivity index (χ0n) is 19.2. The van der Waals surface area contributed by atoms with Crippen molar-refractivity contribution < 1.29 is 9.53 Å². The first-order valence-electron chi connectivity index (χ1n) is 10.4. The van der Waals surface area contributed by atoms with Crippen LogP contribution >= 0.6 is 11.8 Å². The number of anilines is 1. The summed E-state index contributed by atoms with van der Waals surface area (Å²) < 4.78 is 10.9. The molecule has 172 valence electrons. The van der Waals surface area contributed by atoms with E-state index >= 15 is 0 Å². The second-order valence-corrected chi connectivity index (χ2v) is 8.90. The lowest BCUT2D eigenvalue weighted by Gasteiger charge is -2.09. The molecule has 0 fully saturated rings. The third-order valence-corrected chi connectivity index (χ3v) is 6.52. The number of aromatic nitrogens is 5. The Labute approximate surface area is 195 Å². The molecule has 2 aromatic heterocycles. The number of fused-ring (bicyclic) bond motifs is 1. The van der Waals surface area contributed by atoms with Crippen LogP contribution in [-0.4, -0.2) is 35.6 Å². The Morgan fingerprint density at radius 2 is 1.76 bits per heavy atom. The summed E-state index contributed by atoms with van der Waals surface area (Å²) in [5.74, 6) is 1.49. The van der Waals surface area contributed by atoms with E-state index < -0.39 is 0 Å². The van der Waals surface area contributed by atoms with Crippen molar-refractivity contribution in [3.8, 4) is 5.75 Å². The van der Waals surface area contributed by atoms with Crippen molar-refractivity contribution in [3.05, 3.63) is 63.8 Å². The predicted molar refractivity (Wildman–Crippen MR) is 129 cm³/mol. The number of amides is 1. The lowest BCUT2D eigenvalue weighted by Crippen LogP contribution is -2.19. The first-order valence-corrected chi connectivity index (χ1v) is 11.4. The molecule has 0 unspecified atom stereocenters. The maximum atomic E-state index is 12.5. The molecule has 0 aliphatic heterocycles. The molecule has 0 radical (unpaired) electrons. The number of imidazole rings is 1. The van der Waals surface area contributed by atoms with Crippen LogP contribution in [0.25, 0.3) is 11.0 Å². The predicted octanol–water partition coefficient (Wildman–Crippen LogP) is 2.93. The zero-order chi connectivity index (χ0) is 23.7. The van der Waals surface area contributed by atoms with E-state index in [9.17, 15) is 9.59 Å². The Hall–Kier alpha value is -3.53. The Balaban J connectivity index is 1.36. The van der Waals surface area contributed by atoms with Crippen LogP contribution in [0, 0.1) is 13.8 Å². The maximum Gasteiger partial charge on any atom is 0.328 e. The average Bonchev–Trinajstić information content (AvgIpc) is 3.24. The number of rotatable bonds is 7. The number of nitrogens with one attached hydrogen (secondary N) is 1. The molecular formula is C23H26N6O3S. The third-order valence-electron chi connectivity index (χ3n) is 5.50. The molecule has 1 N–H and O–H groups in total. The van der Waals surface area contributed by atoms with Gasteiger partial charge in [-0.1, -0.05) is 29.5 Å². The lowest BCUT2D eigenvalue weighted by molar-refractivity contribution is -0.113. The molecule has 9 nitrogen and oxygen atoms in total. The van der Waals surface area contributed by atoms with Gasteiger partial charge in [-0.15, -0.1) is 10.2 Å². The molecule has 2 heterocycles. The standard InChI is InChI=1S/C23H26N6O3S/c1-14-6-9-19(15(2)10-14)32-12-20-25-26-22(29(20)5)33-13-21(30)24-16-7-8-17-18(11-16)28(4)23(31)27(17)3/h6-11H,12-13H2,1-5H3,(H,24,30). The smallest absolute Gasteiger partial charge is 0.328 e. The van der Waals surface area contributed by atoms with Crippen LogP contribution in [0.5, 0.6) is 5.75 Å². The summed E-state index contributed by atoms with van der Waals surface area (Å²) in [7, 11) is 5.29. The fourth-order valence-corrected chi connectivity index (χ4v) is 4.34. The van der Waals surface area contributed by atoms with Gasteiger partial charge in [0.2, 0.25) is 5.91 Å². The van der Waals surface area contributed by atoms with Crippen molar-refractivity contribution in [2.24, 2.45) is 21.1 Å². The normalized spacial score (nSPS) is 11.2. The summed E-state index contributed by atoms with van der Waals surface area (Å²) in [5.41, 5.74) is 4.35. The molecule has 0 spiro atoms. The minimum Gasteiger partial charge on any atom is -0.485 e. The Morgan fingerprint density at radius 3 is 2.52 bits per heavy atom. The van der Waals surface area contributed by atoms with Gasteiger partial charge in [0.15, 0.2) is 11.0 Å². The summed E-state index contributed by atoms with van der Waals surface area (Å²) in [6.07, 6.45) is 0. The van der Waals surface area contributed by atoms with E-state index in [1.807, 2.05) is 43.7 Å². The largest absolute Gasteiger partial charge is 0.485 e. The van der Waals surface area contributed by atoms with E-state index in [1.165, 1.54) is 17.3 Å². The zero-order valence-corrected chi connectivity index (χ0v) is 20.1. The highest BCUT2D eigenvalue weighted by Gasteiger charge is 2.14. The number of ether oxygens (including phenoxy) is 1. The Morgan fingerprint density at radius 1 is 1.00 bits per heavy atom. The topological polar surface area (TPSA) is 96.0 Å². The second-order valence-electron chi connectivity index (χ2n) is 7.96. The van der Waals surface area contributed by atoms with Gasteiger partial charge >= 0.3 is 5.69 Å². The molecule has 1 amide bonds. The van der Waals surface area contributed by atoms with E-state index in [-0.39, 0.29) is 24.0 Å². The molecule has 0 saturated carbocycles. The molecule has 0 atom stereocenters. The van der Waals surface area contributed by atoms with Crippen molar-refractivity contribution in [2.75, 3.05) is 11.1 Å². The van der Waals surface area contributed by atoms with Crippen LogP contribution in [0.1, 0.15) is 17.0 Å². The van der Waals surface area contributed by atoms with Gasteiger partial charge in [-0.3, -0.25) is 13.9 Å². The Kier molecular flexibility index (Phi) is 6.28. The molecule has 0 bridgehead atoms. The quantitative estimate of drug-likeness (QED) is 0.421. The molecule has 0 aliphatic rings. The van der Waals surface area contributed by atoms with Crippen molar-refractivity contribution >= 4 is 34.4 Å². The maximum absolute atomic E-state index is 12.5. The van der Waals surface area contributed by atoms with Gasteiger partial charge < -0.3 is 14.6 Å². The minimum absolute atomic E-state index is 0.108. The first-order chi connectivity index (χ1) is 15.7. The lowest BCUT2D eigenvalue weighted by atomic mass is 10.1. The average molecular weight is 467 g/mol. The van der Waals surface area contributed by atoms with Gasteiger partial charge in [0, 0.05) is 26.8 Å². The number of thioether (sulfide) groups is 1. The molecular weight excluding hydrogens is 440 g/mol. The molecule has 2 aromatic carbocycles. The number of nitrogens with zero attached hydrogens (tertiary/aromatic N) is 5. The highest BCUT2D eigenvalue weighted by molar-refractivity contribution is 7.99. The molecule has 33 heavy (non-hydrogen) atoms. The second kappa shape index (κ2) is 9.14.